The molecule has 33 heavy (non-hydrogen) atoms. The van der Waals surface area contributed by atoms with E-state index in [4.69, 9.17) is 0 Å². The van der Waals surface area contributed by atoms with E-state index in [1.807, 2.05) is 13.8 Å². The predicted octanol–water partition coefficient (Wildman–Crippen LogP) is 2.60. The number of pyridine rings is 1. The van der Waals surface area contributed by atoms with E-state index < -0.39 is 11.7 Å². The Hall–Kier alpha value is -3.82. The highest BCUT2D eigenvalue weighted by Gasteiger charge is 2.36. The monoisotopic (exact) mass is 450 g/mol. The molecule has 0 spiro atoms. The van der Waals surface area contributed by atoms with Crippen LogP contribution in [0.15, 0.2) is 35.3 Å². The van der Waals surface area contributed by atoms with Crippen LogP contribution in [0.5, 0.6) is 0 Å². The van der Waals surface area contributed by atoms with Crippen molar-refractivity contribution in [2.24, 2.45) is 0 Å². The number of nitrogens with zero attached hydrogens (tertiary/aromatic N) is 5. The van der Waals surface area contributed by atoms with Gasteiger partial charge in [0, 0.05) is 12.1 Å². The first kappa shape index (κ1) is 21.0. The Morgan fingerprint density at radius 3 is 2.76 bits per heavy atom. The molecule has 0 bridgehead atoms. The van der Waals surface area contributed by atoms with E-state index in [1.165, 1.54) is 16.6 Å². The van der Waals surface area contributed by atoms with Gasteiger partial charge >= 0.3 is 0 Å². The van der Waals surface area contributed by atoms with Crippen molar-refractivity contribution in [3.63, 3.8) is 0 Å². The molecule has 3 aromatic rings. The van der Waals surface area contributed by atoms with E-state index >= 15 is 0 Å². The van der Waals surface area contributed by atoms with Gasteiger partial charge in [-0.15, -0.1) is 0 Å². The summed E-state index contributed by atoms with van der Waals surface area (Å²) in [7, 11) is 0. The fourth-order valence-corrected chi connectivity index (χ4v) is 4.40. The lowest BCUT2D eigenvalue weighted by molar-refractivity contribution is -0.116. The first-order chi connectivity index (χ1) is 15.8. The quantitative estimate of drug-likeness (QED) is 0.644. The maximum Gasteiger partial charge on any atom is 0.280 e. The molecule has 3 aromatic heterocycles. The van der Waals surface area contributed by atoms with E-state index in [2.05, 4.69) is 21.5 Å². The fraction of sp³-hybridized carbons (Fsp3) is 0.348. The molecule has 10 heteroatoms. The molecule has 0 unspecified atom stereocenters. The Morgan fingerprint density at radius 1 is 1.27 bits per heavy atom. The molecule has 170 valence electrons. The molecule has 5 rings (SSSR count). The maximum absolute atomic E-state index is 13.3. The highest BCUT2D eigenvalue weighted by Crippen LogP contribution is 2.29. The van der Waals surface area contributed by atoms with Gasteiger partial charge in [0.1, 0.15) is 29.5 Å². The molecule has 1 aliphatic heterocycles. The van der Waals surface area contributed by atoms with E-state index in [0.29, 0.717) is 16.9 Å². The lowest BCUT2D eigenvalue weighted by atomic mass is 10.2. The first-order valence-electron chi connectivity index (χ1n) is 10.9. The number of allylic oxidation sites excluding steroid dienone is 2. The molecule has 9 nitrogen and oxygen atoms in total. The summed E-state index contributed by atoms with van der Waals surface area (Å²) in [5.74, 6) is -1.08. The van der Waals surface area contributed by atoms with Gasteiger partial charge in [-0.3, -0.25) is 14.4 Å². The Labute approximate surface area is 188 Å². The summed E-state index contributed by atoms with van der Waals surface area (Å²) in [4.78, 5) is 44.8. The van der Waals surface area contributed by atoms with E-state index in [-0.39, 0.29) is 42.1 Å². The molecule has 0 aromatic carbocycles. The SMILES string of the molecule is CC(C)N1Cc2c(n(CC(=O)Nc3ccc(F)cn3)c3cc(C4=CCCC4)nn3c2=O)C1=O. The third-order valence-electron chi connectivity index (χ3n) is 6.06. The number of amides is 2. The number of carbonyl (C=O) groups excluding carboxylic acids is 2. The zero-order chi connectivity index (χ0) is 23.3. The number of fused-ring (bicyclic) bond motifs is 2. The number of nitrogens with one attached hydrogen (secondary N) is 1. The molecule has 0 atom stereocenters. The highest BCUT2D eigenvalue weighted by atomic mass is 19.1. The van der Waals surface area contributed by atoms with Gasteiger partial charge < -0.3 is 14.8 Å². The number of rotatable bonds is 5. The second-order valence-corrected chi connectivity index (χ2v) is 8.58. The smallest absolute Gasteiger partial charge is 0.280 e. The van der Waals surface area contributed by atoms with Crippen LogP contribution in [0.3, 0.4) is 0 Å². The van der Waals surface area contributed by atoms with Gasteiger partial charge in [-0.25, -0.2) is 9.37 Å². The second-order valence-electron chi connectivity index (χ2n) is 8.58. The third-order valence-corrected chi connectivity index (χ3v) is 6.06. The number of hydrogen-bond donors (Lipinski definition) is 1. The van der Waals surface area contributed by atoms with Gasteiger partial charge in [-0.2, -0.15) is 9.61 Å². The highest BCUT2D eigenvalue weighted by molar-refractivity contribution is 5.98. The van der Waals surface area contributed by atoms with Gasteiger partial charge in [0.2, 0.25) is 5.91 Å². The minimum atomic E-state index is -0.514. The van der Waals surface area contributed by atoms with Gasteiger partial charge in [-0.1, -0.05) is 6.08 Å². The number of hydrogen-bond acceptors (Lipinski definition) is 5. The third kappa shape index (κ3) is 3.61. The van der Waals surface area contributed by atoms with Crippen LogP contribution < -0.4 is 10.9 Å². The number of carbonyl (C=O) groups is 2. The Kier molecular flexibility index (Phi) is 5.07. The number of aromatic nitrogens is 4. The summed E-state index contributed by atoms with van der Waals surface area (Å²) in [6.07, 6.45) is 5.96. The predicted molar refractivity (Wildman–Crippen MR) is 119 cm³/mol. The summed E-state index contributed by atoms with van der Waals surface area (Å²) in [6, 6.07) is 4.20. The summed E-state index contributed by atoms with van der Waals surface area (Å²) in [5, 5.41) is 7.15. The minimum Gasteiger partial charge on any atom is -0.330 e. The fourth-order valence-electron chi connectivity index (χ4n) is 4.40. The lowest BCUT2D eigenvalue weighted by Crippen LogP contribution is -2.32. The Balaban J connectivity index is 1.61. The van der Waals surface area contributed by atoms with E-state index in [1.54, 1.807) is 15.5 Å². The minimum absolute atomic E-state index is 0.110. The number of halogens is 1. The zero-order valence-electron chi connectivity index (χ0n) is 18.3. The molecule has 2 aliphatic rings. The zero-order valence-corrected chi connectivity index (χ0v) is 18.3. The maximum atomic E-state index is 13.3. The van der Waals surface area contributed by atoms with Crippen molar-refractivity contribution in [1.29, 1.82) is 0 Å². The van der Waals surface area contributed by atoms with Crippen molar-refractivity contribution in [2.45, 2.75) is 52.2 Å². The van der Waals surface area contributed by atoms with Crippen molar-refractivity contribution < 1.29 is 14.0 Å². The van der Waals surface area contributed by atoms with Crippen LogP contribution in [0.1, 0.15) is 54.9 Å². The van der Waals surface area contributed by atoms with Crippen molar-refractivity contribution in [1.82, 2.24) is 24.1 Å². The van der Waals surface area contributed by atoms with Crippen LogP contribution in [-0.4, -0.2) is 41.9 Å². The largest absolute Gasteiger partial charge is 0.330 e. The normalized spacial score (nSPS) is 15.5. The molecular weight excluding hydrogens is 427 g/mol. The second kappa shape index (κ2) is 7.95. The van der Waals surface area contributed by atoms with Crippen molar-refractivity contribution in [3.8, 4) is 0 Å². The van der Waals surface area contributed by atoms with E-state index in [0.717, 1.165) is 31.0 Å². The van der Waals surface area contributed by atoms with Crippen molar-refractivity contribution in [3.05, 3.63) is 63.6 Å². The van der Waals surface area contributed by atoms with Crippen LogP contribution in [0.4, 0.5) is 10.2 Å². The summed E-state index contributed by atoms with van der Waals surface area (Å²) >= 11 is 0. The summed E-state index contributed by atoms with van der Waals surface area (Å²) in [6.45, 7) is 3.69. The molecule has 0 saturated heterocycles. The van der Waals surface area contributed by atoms with Crippen molar-refractivity contribution >= 4 is 28.9 Å². The first-order valence-corrected chi connectivity index (χ1v) is 10.9. The molecule has 1 aliphatic carbocycles. The molecule has 2 amide bonds. The Bertz CT molecular complexity index is 1370. The molecule has 0 fully saturated rings. The average molecular weight is 450 g/mol. The van der Waals surface area contributed by atoms with Crippen molar-refractivity contribution in [2.75, 3.05) is 5.32 Å². The standard InChI is InChI=1S/C23H23FN6O3/c1-13(2)28-11-16-21(23(28)33)29(12-19(31)26-18-8-7-15(24)10-25-18)20-9-17(14-5-3-4-6-14)27-30(20)22(16)32/h5,7-10,13H,3-4,6,11-12H2,1-2H3,(H,25,26,31). The van der Waals surface area contributed by atoms with Crippen LogP contribution >= 0.6 is 0 Å². The van der Waals surface area contributed by atoms with Crippen LogP contribution in [0, 0.1) is 5.82 Å². The number of anilines is 1. The van der Waals surface area contributed by atoms with Gasteiger partial charge in [0.15, 0.2) is 0 Å². The molecule has 0 saturated carbocycles. The average Bonchev–Trinajstić information content (AvgIpc) is 3.51. The lowest BCUT2D eigenvalue weighted by Gasteiger charge is -2.20. The van der Waals surface area contributed by atoms with Crippen LogP contribution in [0.2, 0.25) is 0 Å². The molecule has 1 N–H and O–H groups in total. The summed E-state index contributed by atoms with van der Waals surface area (Å²) < 4.78 is 16.0. The van der Waals surface area contributed by atoms with E-state index in [9.17, 15) is 18.8 Å². The van der Waals surface area contributed by atoms with Crippen LogP contribution in [0.25, 0.3) is 11.2 Å². The molecule has 0 radical (unpaired) electrons. The Morgan fingerprint density at radius 2 is 2.09 bits per heavy atom. The van der Waals surface area contributed by atoms with Gasteiger partial charge in [-0.05, 0) is 50.8 Å². The van der Waals surface area contributed by atoms with Gasteiger partial charge in [0.05, 0.1) is 24.0 Å². The van der Waals surface area contributed by atoms with Crippen LogP contribution in [-0.2, 0) is 17.9 Å². The molecular formula is C23H23FN6O3. The summed E-state index contributed by atoms with van der Waals surface area (Å²) in [5.41, 5.74) is 2.29. The topological polar surface area (TPSA) is 102 Å². The molecule has 4 heterocycles. The van der Waals surface area contributed by atoms with Gasteiger partial charge in [0.25, 0.3) is 11.5 Å².